The summed E-state index contributed by atoms with van der Waals surface area (Å²) in [5, 5.41) is 0. The molecule has 0 aromatic heterocycles. The smallest absolute Gasteiger partial charge is 0.416 e. The fraction of sp³-hybridized carbons (Fsp3) is 0.364. The highest BCUT2D eigenvalue weighted by molar-refractivity contribution is 5.51. The normalized spacial score (nSPS) is 17.0. The summed E-state index contributed by atoms with van der Waals surface area (Å²) in [5.74, 6) is 1.97. The van der Waals surface area contributed by atoms with Crippen molar-refractivity contribution in [3.8, 4) is 11.5 Å². The first-order chi connectivity index (χ1) is 13.9. The Morgan fingerprint density at radius 1 is 1.07 bits per heavy atom. The molecule has 2 heterocycles. The lowest BCUT2D eigenvalue weighted by molar-refractivity contribution is -0.137. The highest BCUT2D eigenvalue weighted by Crippen LogP contribution is 2.39. The lowest BCUT2D eigenvalue weighted by Gasteiger charge is -2.34. The number of allylic oxidation sites excluding steroid dienone is 1. The van der Waals surface area contributed by atoms with Crippen LogP contribution in [0.3, 0.4) is 0 Å². The monoisotopic (exact) mass is 405 g/mol. The van der Waals surface area contributed by atoms with Gasteiger partial charge in [0, 0.05) is 25.1 Å². The van der Waals surface area contributed by atoms with Crippen LogP contribution in [0.4, 0.5) is 13.2 Å². The van der Waals surface area contributed by atoms with Gasteiger partial charge in [-0.3, -0.25) is 0 Å². The molecule has 0 saturated carbocycles. The van der Waals surface area contributed by atoms with E-state index in [9.17, 15) is 13.2 Å². The van der Waals surface area contributed by atoms with Crippen LogP contribution < -0.4 is 9.47 Å². The third kappa shape index (κ3) is 4.34. The molecule has 2 aliphatic rings. The van der Waals surface area contributed by atoms with Crippen molar-refractivity contribution in [1.29, 1.82) is 0 Å². The number of rotatable bonds is 4. The Labute approximate surface area is 167 Å². The van der Waals surface area contributed by atoms with E-state index in [2.05, 4.69) is 4.90 Å². The molecule has 2 aliphatic heterocycles. The van der Waals surface area contributed by atoms with Crippen molar-refractivity contribution in [2.24, 2.45) is 0 Å². The Morgan fingerprint density at radius 2 is 1.83 bits per heavy atom. The SMILES string of the molecule is CC1=C(N2CCOCC2)Oc2c(cccc2OCc2cccc(C(F)(F)F)c2)C1. The predicted molar refractivity (Wildman–Crippen MR) is 102 cm³/mol. The van der Waals surface area contributed by atoms with Crippen LogP contribution in [0.2, 0.25) is 0 Å². The topological polar surface area (TPSA) is 30.9 Å². The fourth-order valence-electron chi connectivity index (χ4n) is 3.57. The maximum absolute atomic E-state index is 12.9. The molecule has 0 bridgehead atoms. The minimum atomic E-state index is -4.37. The number of hydrogen-bond donors (Lipinski definition) is 0. The van der Waals surface area contributed by atoms with E-state index in [1.807, 2.05) is 19.1 Å². The number of fused-ring (bicyclic) bond motifs is 1. The second-order valence-electron chi connectivity index (χ2n) is 7.19. The molecule has 1 fully saturated rings. The van der Waals surface area contributed by atoms with E-state index in [0.717, 1.165) is 48.7 Å². The van der Waals surface area contributed by atoms with E-state index in [0.29, 0.717) is 30.3 Å². The average molecular weight is 405 g/mol. The molecule has 4 nitrogen and oxygen atoms in total. The van der Waals surface area contributed by atoms with Gasteiger partial charge < -0.3 is 19.1 Å². The Bertz CT molecular complexity index is 918. The molecule has 1 saturated heterocycles. The van der Waals surface area contributed by atoms with Crippen LogP contribution in [-0.2, 0) is 23.9 Å². The first kappa shape index (κ1) is 19.6. The van der Waals surface area contributed by atoms with Crippen LogP contribution in [0.25, 0.3) is 0 Å². The van der Waals surface area contributed by atoms with Crippen molar-refractivity contribution in [1.82, 2.24) is 4.90 Å². The number of halogens is 3. The molecule has 0 radical (unpaired) electrons. The quantitative estimate of drug-likeness (QED) is 0.732. The van der Waals surface area contributed by atoms with Crippen molar-refractivity contribution in [3.05, 3.63) is 70.6 Å². The number of alkyl halides is 3. The third-order valence-corrected chi connectivity index (χ3v) is 5.03. The molecular weight excluding hydrogens is 383 g/mol. The predicted octanol–water partition coefficient (Wildman–Crippen LogP) is 4.78. The zero-order chi connectivity index (χ0) is 20.4. The highest BCUT2D eigenvalue weighted by Gasteiger charge is 2.30. The van der Waals surface area contributed by atoms with Gasteiger partial charge in [0.2, 0.25) is 0 Å². The van der Waals surface area contributed by atoms with E-state index in [1.54, 1.807) is 12.1 Å². The summed E-state index contributed by atoms with van der Waals surface area (Å²) < 4.78 is 56.3. The van der Waals surface area contributed by atoms with Gasteiger partial charge in [-0.2, -0.15) is 13.2 Å². The van der Waals surface area contributed by atoms with Crippen LogP contribution in [0, 0.1) is 0 Å². The second-order valence-corrected chi connectivity index (χ2v) is 7.19. The first-order valence-electron chi connectivity index (χ1n) is 9.53. The van der Waals surface area contributed by atoms with Gasteiger partial charge in [-0.15, -0.1) is 0 Å². The summed E-state index contributed by atoms with van der Waals surface area (Å²) in [4.78, 5) is 2.16. The summed E-state index contributed by atoms with van der Waals surface area (Å²) in [6, 6.07) is 10.8. The third-order valence-electron chi connectivity index (χ3n) is 5.03. The minimum Gasteiger partial charge on any atom is -0.485 e. The van der Waals surface area contributed by atoms with Gasteiger partial charge in [0.15, 0.2) is 17.4 Å². The fourth-order valence-corrected chi connectivity index (χ4v) is 3.57. The minimum absolute atomic E-state index is 0.0271. The van der Waals surface area contributed by atoms with E-state index < -0.39 is 11.7 Å². The molecule has 154 valence electrons. The molecule has 0 aliphatic carbocycles. The number of benzene rings is 2. The van der Waals surface area contributed by atoms with Gasteiger partial charge in [0.25, 0.3) is 0 Å². The number of ether oxygens (including phenoxy) is 3. The molecule has 0 N–H and O–H groups in total. The summed E-state index contributed by atoms with van der Waals surface area (Å²) in [6.07, 6.45) is -3.64. The Balaban J connectivity index is 1.52. The van der Waals surface area contributed by atoms with Crippen LogP contribution >= 0.6 is 0 Å². The van der Waals surface area contributed by atoms with Crippen LogP contribution in [0.5, 0.6) is 11.5 Å². The first-order valence-corrected chi connectivity index (χ1v) is 9.53. The molecule has 29 heavy (non-hydrogen) atoms. The van der Waals surface area contributed by atoms with Gasteiger partial charge in [0.1, 0.15) is 6.61 Å². The van der Waals surface area contributed by atoms with Crippen molar-refractivity contribution in [2.75, 3.05) is 26.3 Å². The second kappa shape index (κ2) is 7.99. The highest BCUT2D eigenvalue weighted by atomic mass is 19.4. The molecule has 2 aromatic rings. The standard InChI is InChI=1S/C22H22F3NO3/c1-15-12-17-5-3-7-19(20(17)29-21(15)26-8-10-27-11-9-26)28-14-16-4-2-6-18(13-16)22(23,24)25/h2-7,13H,8-12,14H2,1H3. The summed E-state index contributed by atoms with van der Waals surface area (Å²) in [7, 11) is 0. The molecular formula is C22H22F3NO3. The van der Waals surface area contributed by atoms with E-state index in [4.69, 9.17) is 14.2 Å². The Morgan fingerprint density at radius 3 is 2.59 bits per heavy atom. The maximum Gasteiger partial charge on any atom is 0.416 e. The van der Waals surface area contributed by atoms with Crippen molar-refractivity contribution in [3.63, 3.8) is 0 Å². The molecule has 7 heteroatoms. The lowest BCUT2D eigenvalue weighted by atomic mass is 10.0. The zero-order valence-electron chi connectivity index (χ0n) is 16.1. The maximum atomic E-state index is 12.9. The number of para-hydroxylation sites is 1. The molecule has 0 amide bonds. The number of hydrogen-bond acceptors (Lipinski definition) is 4. The molecule has 0 unspecified atom stereocenters. The van der Waals surface area contributed by atoms with Gasteiger partial charge in [-0.25, -0.2) is 0 Å². The molecule has 0 spiro atoms. The van der Waals surface area contributed by atoms with Crippen molar-refractivity contribution < 1.29 is 27.4 Å². The van der Waals surface area contributed by atoms with E-state index in [1.165, 1.54) is 6.07 Å². The van der Waals surface area contributed by atoms with E-state index in [-0.39, 0.29) is 6.61 Å². The largest absolute Gasteiger partial charge is 0.485 e. The molecule has 4 rings (SSSR count). The van der Waals surface area contributed by atoms with Gasteiger partial charge in [0.05, 0.1) is 18.8 Å². The Kier molecular flexibility index (Phi) is 5.41. The van der Waals surface area contributed by atoms with Gasteiger partial charge in [-0.1, -0.05) is 24.3 Å². The summed E-state index contributed by atoms with van der Waals surface area (Å²) in [6.45, 7) is 4.90. The number of nitrogens with zero attached hydrogens (tertiary/aromatic N) is 1. The zero-order valence-corrected chi connectivity index (χ0v) is 16.1. The van der Waals surface area contributed by atoms with Crippen LogP contribution in [0.1, 0.15) is 23.6 Å². The van der Waals surface area contributed by atoms with E-state index >= 15 is 0 Å². The van der Waals surface area contributed by atoms with Crippen molar-refractivity contribution >= 4 is 0 Å². The van der Waals surface area contributed by atoms with Crippen LogP contribution in [-0.4, -0.2) is 31.2 Å². The number of morpholine rings is 1. The van der Waals surface area contributed by atoms with Gasteiger partial charge >= 0.3 is 6.18 Å². The molecule has 0 atom stereocenters. The lowest BCUT2D eigenvalue weighted by Crippen LogP contribution is -2.38. The van der Waals surface area contributed by atoms with Crippen LogP contribution in [0.15, 0.2) is 53.9 Å². The molecule has 2 aromatic carbocycles. The summed E-state index contributed by atoms with van der Waals surface area (Å²) in [5.41, 5.74) is 1.90. The summed E-state index contributed by atoms with van der Waals surface area (Å²) >= 11 is 0. The van der Waals surface area contributed by atoms with Gasteiger partial charge in [-0.05, 0) is 36.3 Å². The Hall–Kier alpha value is -2.67. The average Bonchev–Trinajstić information content (AvgIpc) is 2.72. The van der Waals surface area contributed by atoms with Crippen molar-refractivity contribution in [2.45, 2.75) is 26.1 Å².